The van der Waals surface area contributed by atoms with E-state index in [1.807, 2.05) is 29.2 Å². The zero-order valence-electron chi connectivity index (χ0n) is 15.2. The lowest BCUT2D eigenvalue weighted by molar-refractivity contribution is -0.130. The number of para-hydroxylation sites is 1. The summed E-state index contributed by atoms with van der Waals surface area (Å²) in [7, 11) is 3.29. The molecule has 0 saturated heterocycles. The van der Waals surface area contributed by atoms with E-state index in [0.29, 0.717) is 6.54 Å². The lowest BCUT2D eigenvalue weighted by Crippen LogP contribution is -2.39. The van der Waals surface area contributed by atoms with Crippen LogP contribution in [-0.2, 0) is 11.2 Å². The third-order valence-corrected chi connectivity index (χ3v) is 5.17. The van der Waals surface area contributed by atoms with Gasteiger partial charge in [-0.2, -0.15) is 0 Å². The van der Waals surface area contributed by atoms with Gasteiger partial charge in [-0.1, -0.05) is 18.2 Å². The monoisotopic (exact) mass is 350 g/mol. The smallest absolute Gasteiger partial charge is 0.220 e. The summed E-state index contributed by atoms with van der Waals surface area (Å²) in [4.78, 5) is 17.8. The maximum atomic E-state index is 12.4. The van der Waals surface area contributed by atoms with Gasteiger partial charge in [0.1, 0.15) is 17.5 Å². The first-order valence-electron chi connectivity index (χ1n) is 8.72. The van der Waals surface area contributed by atoms with Gasteiger partial charge in [0.2, 0.25) is 5.91 Å². The molecular formula is C21H22N2O3. The Kier molecular flexibility index (Phi) is 4.07. The average Bonchev–Trinajstić information content (AvgIpc) is 3.05. The number of hydrogen-bond acceptors (Lipinski definition) is 3. The number of hydrogen-bond donors (Lipinski definition) is 1. The Labute approximate surface area is 152 Å². The first kappa shape index (κ1) is 16.5. The van der Waals surface area contributed by atoms with Crippen molar-refractivity contribution in [2.24, 2.45) is 0 Å². The zero-order valence-corrected chi connectivity index (χ0v) is 15.2. The lowest BCUT2D eigenvalue weighted by atomic mass is 9.91. The molecule has 1 aromatic heterocycles. The van der Waals surface area contributed by atoms with E-state index in [9.17, 15) is 4.79 Å². The number of fused-ring (bicyclic) bond motifs is 3. The summed E-state index contributed by atoms with van der Waals surface area (Å²) < 4.78 is 11.0. The van der Waals surface area contributed by atoms with Crippen molar-refractivity contribution in [1.82, 2.24) is 9.88 Å². The summed E-state index contributed by atoms with van der Waals surface area (Å²) in [5.41, 5.74) is 4.34. The van der Waals surface area contributed by atoms with E-state index in [0.717, 1.165) is 34.7 Å². The predicted octanol–water partition coefficient (Wildman–Crippen LogP) is 3.68. The molecule has 5 nitrogen and oxygen atoms in total. The van der Waals surface area contributed by atoms with E-state index in [4.69, 9.17) is 9.47 Å². The highest BCUT2D eigenvalue weighted by Crippen LogP contribution is 2.42. The molecular weight excluding hydrogens is 328 g/mol. The van der Waals surface area contributed by atoms with Crippen LogP contribution in [0.25, 0.3) is 10.9 Å². The molecule has 0 radical (unpaired) electrons. The number of methoxy groups -OCH3 is 2. The fourth-order valence-corrected chi connectivity index (χ4v) is 3.96. The molecule has 3 aromatic rings. The highest BCUT2D eigenvalue weighted by Gasteiger charge is 2.35. The number of amides is 1. The topological polar surface area (TPSA) is 54.6 Å². The zero-order chi connectivity index (χ0) is 18.3. The molecule has 1 amide bonds. The number of ether oxygens (including phenoxy) is 2. The Morgan fingerprint density at radius 2 is 1.96 bits per heavy atom. The summed E-state index contributed by atoms with van der Waals surface area (Å²) >= 11 is 0. The van der Waals surface area contributed by atoms with Crippen LogP contribution in [0.4, 0.5) is 0 Å². The number of nitrogens with zero attached hydrogens (tertiary/aromatic N) is 1. The Balaban J connectivity index is 1.97. The van der Waals surface area contributed by atoms with Crippen LogP contribution < -0.4 is 9.47 Å². The van der Waals surface area contributed by atoms with Crippen molar-refractivity contribution >= 4 is 16.8 Å². The van der Waals surface area contributed by atoms with Gasteiger partial charge in [0.15, 0.2) is 0 Å². The van der Waals surface area contributed by atoms with Crippen LogP contribution in [0.2, 0.25) is 0 Å². The van der Waals surface area contributed by atoms with E-state index >= 15 is 0 Å². The van der Waals surface area contributed by atoms with E-state index in [1.54, 1.807) is 21.1 Å². The van der Waals surface area contributed by atoms with Crippen LogP contribution in [0.1, 0.15) is 29.8 Å². The van der Waals surface area contributed by atoms with Crippen LogP contribution in [0, 0.1) is 0 Å². The van der Waals surface area contributed by atoms with Crippen LogP contribution in [0.15, 0.2) is 42.5 Å². The minimum atomic E-state index is -0.228. The molecule has 0 bridgehead atoms. The van der Waals surface area contributed by atoms with Crippen LogP contribution in [0.5, 0.6) is 11.5 Å². The molecule has 2 aromatic carbocycles. The molecule has 134 valence electrons. The van der Waals surface area contributed by atoms with E-state index in [1.165, 1.54) is 10.9 Å². The molecule has 1 aliphatic heterocycles. The van der Waals surface area contributed by atoms with Gasteiger partial charge in [0.05, 0.1) is 14.2 Å². The highest BCUT2D eigenvalue weighted by atomic mass is 16.5. The number of carbonyl (C=O) groups excluding carboxylic acids is 1. The highest BCUT2D eigenvalue weighted by molar-refractivity contribution is 5.86. The number of benzene rings is 2. The van der Waals surface area contributed by atoms with Crippen molar-refractivity contribution in [3.8, 4) is 11.5 Å². The first-order chi connectivity index (χ1) is 12.6. The van der Waals surface area contributed by atoms with E-state index < -0.39 is 0 Å². The third-order valence-electron chi connectivity index (χ3n) is 5.17. The van der Waals surface area contributed by atoms with E-state index in [2.05, 4.69) is 23.2 Å². The number of nitrogens with one attached hydrogen (secondary N) is 1. The Morgan fingerprint density at radius 3 is 2.69 bits per heavy atom. The molecule has 0 spiro atoms. The molecule has 1 atom stereocenters. The quantitative estimate of drug-likeness (QED) is 0.784. The molecule has 1 aliphatic rings. The number of aromatic amines is 1. The van der Waals surface area contributed by atoms with Crippen molar-refractivity contribution in [3.63, 3.8) is 0 Å². The summed E-state index contributed by atoms with van der Waals surface area (Å²) in [5.74, 6) is 1.53. The third kappa shape index (κ3) is 2.51. The van der Waals surface area contributed by atoms with Crippen LogP contribution in [-0.4, -0.2) is 36.6 Å². The number of H-pyrrole nitrogens is 1. The molecule has 0 fully saturated rings. The van der Waals surface area contributed by atoms with E-state index in [-0.39, 0.29) is 11.9 Å². The standard InChI is InChI=1S/C21H22N2O3/c1-13(24)23-11-10-16-15-6-4-5-7-18(15)22-20(16)21(23)17-12-14(25-2)8-9-19(17)26-3/h4-9,12,21-22H,10-11H2,1-3H3/t21-/m1/s1. The summed E-state index contributed by atoms with van der Waals surface area (Å²) in [6.07, 6.45) is 0.835. The Hall–Kier alpha value is -2.95. The van der Waals surface area contributed by atoms with Gasteiger partial charge in [-0.15, -0.1) is 0 Å². The molecule has 4 rings (SSSR count). The van der Waals surface area contributed by atoms with Crippen molar-refractivity contribution in [1.29, 1.82) is 0 Å². The second kappa shape index (κ2) is 6.41. The maximum Gasteiger partial charge on any atom is 0.220 e. The van der Waals surface area contributed by atoms with Gasteiger partial charge >= 0.3 is 0 Å². The molecule has 5 heteroatoms. The van der Waals surface area contributed by atoms with Gasteiger partial charge < -0.3 is 19.4 Å². The molecule has 0 unspecified atom stereocenters. The van der Waals surface area contributed by atoms with Gasteiger partial charge in [0.25, 0.3) is 0 Å². The Morgan fingerprint density at radius 1 is 1.15 bits per heavy atom. The minimum absolute atomic E-state index is 0.0455. The number of aromatic nitrogens is 1. The van der Waals surface area contributed by atoms with Crippen LogP contribution in [0.3, 0.4) is 0 Å². The lowest BCUT2D eigenvalue weighted by Gasteiger charge is -2.36. The number of rotatable bonds is 3. The van der Waals surface area contributed by atoms with Crippen molar-refractivity contribution in [2.45, 2.75) is 19.4 Å². The van der Waals surface area contributed by atoms with Gasteiger partial charge in [0, 0.05) is 35.6 Å². The molecule has 0 aliphatic carbocycles. The van der Waals surface area contributed by atoms with Crippen molar-refractivity contribution in [2.75, 3.05) is 20.8 Å². The maximum absolute atomic E-state index is 12.4. The minimum Gasteiger partial charge on any atom is -0.497 e. The molecule has 2 heterocycles. The Bertz CT molecular complexity index is 977. The second-order valence-corrected chi connectivity index (χ2v) is 6.54. The molecule has 0 saturated carbocycles. The van der Waals surface area contributed by atoms with Crippen molar-refractivity contribution < 1.29 is 14.3 Å². The second-order valence-electron chi connectivity index (χ2n) is 6.54. The first-order valence-corrected chi connectivity index (χ1v) is 8.72. The van der Waals surface area contributed by atoms with Crippen LogP contribution >= 0.6 is 0 Å². The normalized spacial score (nSPS) is 16.4. The van der Waals surface area contributed by atoms with Gasteiger partial charge in [-0.05, 0) is 36.2 Å². The van der Waals surface area contributed by atoms with Crippen molar-refractivity contribution in [3.05, 3.63) is 59.3 Å². The largest absolute Gasteiger partial charge is 0.497 e. The molecule has 1 N–H and O–H groups in total. The summed E-state index contributed by atoms with van der Waals surface area (Å²) in [6, 6.07) is 13.8. The SMILES string of the molecule is COc1ccc(OC)c([C@@H]2c3[nH]c4ccccc4c3CCN2C(C)=O)c1. The fourth-order valence-electron chi connectivity index (χ4n) is 3.96. The van der Waals surface area contributed by atoms with Gasteiger partial charge in [-0.3, -0.25) is 4.79 Å². The predicted molar refractivity (Wildman–Crippen MR) is 101 cm³/mol. The summed E-state index contributed by atoms with van der Waals surface area (Å²) in [5, 5.41) is 1.22. The van der Waals surface area contributed by atoms with Gasteiger partial charge in [-0.25, -0.2) is 0 Å². The number of carbonyl (C=O) groups is 1. The fraction of sp³-hybridized carbons (Fsp3) is 0.286. The average molecular weight is 350 g/mol. The summed E-state index contributed by atoms with van der Waals surface area (Å²) in [6.45, 7) is 2.29. The molecule has 26 heavy (non-hydrogen) atoms.